The molecule has 0 atom stereocenters. The molecule has 132 valence electrons. The van der Waals surface area contributed by atoms with Crippen molar-refractivity contribution in [2.45, 2.75) is 11.9 Å². The number of nitrogens with zero attached hydrogens (tertiary/aromatic N) is 4. The Morgan fingerprint density at radius 2 is 2.04 bits per heavy atom. The Hall–Kier alpha value is -2.94. The van der Waals surface area contributed by atoms with Gasteiger partial charge in [-0.25, -0.2) is 19.9 Å². The molecule has 3 heterocycles. The average Bonchev–Trinajstić information content (AvgIpc) is 2.66. The Morgan fingerprint density at radius 1 is 1.19 bits per heavy atom. The fraction of sp³-hybridized carbons (Fsp3) is 0.235. The Labute approximate surface area is 153 Å². The summed E-state index contributed by atoms with van der Waals surface area (Å²) in [5, 5.41) is 4.25. The van der Waals surface area contributed by atoms with E-state index in [-0.39, 0.29) is 11.7 Å². The number of anilines is 1. The normalized spacial score (nSPS) is 12.8. The van der Waals surface area contributed by atoms with Crippen molar-refractivity contribution in [3.63, 3.8) is 0 Å². The predicted octanol–water partition coefficient (Wildman–Crippen LogP) is 2.23. The van der Waals surface area contributed by atoms with Crippen LogP contribution in [0.3, 0.4) is 0 Å². The monoisotopic (exact) mass is 369 g/mol. The van der Waals surface area contributed by atoms with Gasteiger partial charge >= 0.3 is 0 Å². The molecule has 0 unspecified atom stereocenters. The number of hydrogen-bond donors (Lipinski definition) is 1. The van der Waals surface area contributed by atoms with Crippen LogP contribution in [0.1, 0.15) is 5.82 Å². The molecule has 9 heteroatoms. The maximum atomic E-state index is 12.3. The quantitative estimate of drug-likeness (QED) is 0.552. The van der Waals surface area contributed by atoms with Crippen molar-refractivity contribution in [2.24, 2.45) is 0 Å². The van der Waals surface area contributed by atoms with E-state index in [0.717, 1.165) is 5.39 Å². The molecule has 2 aromatic heterocycles. The number of rotatable bonds is 4. The van der Waals surface area contributed by atoms with E-state index in [1.165, 1.54) is 18.1 Å². The zero-order valence-electron chi connectivity index (χ0n) is 13.9. The van der Waals surface area contributed by atoms with Gasteiger partial charge in [-0.1, -0.05) is 11.8 Å². The van der Waals surface area contributed by atoms with Crippen LogP contribution in [0.2, 0.25) is 0 Å². The van der Waals surface area contributed by atoms with Crippen LogP contribution >= 0.6 is 11.8 Å². The van der Waals surface area contributed by atoms with Crippen molar-refractivity contribution in [1.29, 1.82) is 0 Å². The SMILES string of the molecule is Cc1ncc2c(SCC(=O)Nc3ccc4c(c3)OCCO4)ncnc2n1. The second-order valence-corrected chi connectivity index (χ2v) is 6.49. The van der Waals surface area contributed by atoms with E-state index in [9.17, 15) is 4.79 Å². The Kier molecular flexibility index (Phi) is 4.53. The number of fused-ring (bicyclic) bond motifs is 2. The van der Waals surface area contributed by atoms with Crippen LogP contribution in [-0.2, 0) is 4.79 Å². The lowest BCUT2D eigenvalue weighted by atomic mass is 10.2. The zero-order chi connectivity index (χ0) is 17.9. The van der Waals surface area contributed by atoms with Crippen molar-refractivity contribution >= 4 is 34.4 Å². The molecular formula is C17H15N5O3S. The number of nitrogens with one attached hydrogen (secondary N) is 1. The van der Waals surface area contributed by atoms with E-state index in [1.54, 1.807) is 31.3 Å². The third-order valence-electron chi connectivity index (χ3n) is 3.64. The highest BCUT2D eigenvalue weighted by molar-refractivity contribution is 8.00. The molecular weight excluding hydrogens is 354 g/mol. The van der Waals surface area contributed by atoms with Crippen LogP contribution in [-0.4, -0.2) is 44.8 Å². The van der Waals surface area contributed by atoms with Gasteiger partial charge in [-0.05, 0) is 19.1 Å². The number of aryl methyl sites for hydroxylation is 1. The van der Waals surface area contributed by atoms with Crippen molar-refractivity contribution in [1.82, 2.24) is 19.9 Å². The van der Waals surface area contributed by atoms with Crippen LogP contribution < -0.4 is 14.8 Å². The summed E-state index contributed by atoms with van der Waals surface area (Å²) < 4.78 is 11.0. The van der Waals surface area contributed by atoms with Gasteiger partial charge in [-0.2, -0.15) is 0 Å². The molecule has 0 saturated heterocycles. The van der Waals surface area contributed by atoms with E-state index in [0.29, 0.717) is 46.9 Å². The summed E-state index contributed by atoms with van der Waals surface area (Å²) in [5.41, 5.74) is 1.23. The van der Waals surface area contributed by atoms with Gasteiger partial charge in [0.2, 0.25) is 5.91 Å². The molecule has 0 spiro atoms. The van der Waals surface area contributed by atoms with Gasteiger partial charge in [0.1, 0.15) is 30.4 Å². The third kappa shape index (κ3) is 3.52. The molecule has 1 amide bonds. The molecule has 1 aromatic carbocycles. The number of carbonyl (C=O) groups excluding carboxylic acids is 1. The summed E-state index contributed by atoms with van der Waals surface area (Å²) in [7, 11) is 0. The molecule has 4 rings (SSSR count). The van der Waals surface area contributed by atoms with Gasteiger partial charge in [0, 0.05) is 18.0 Å². The fourth-order valence-corrected chi connectivity index (χ4v) is 3.24. The van der Waals surface area contributed by atoms with E-state index in [4.69, 9.17) is 9.47 Å². The molecule has 0 aliphatic carbocycles. The fourth-order valence-electron chi connectivity index (χ4n) is 2.48. The number of benzene rings is 1. The van der Waals surface area contributed by atoms with Crippen molar-refractivity contribution in [2.75, 3.05) is 24.3 Å². The molecule has 0 saturated carbocycles. The lowest BCUT2D eigenvalue weighted by Crippen LogP contribution is -2.17. The van der Waals surface area contributed by atoms with Crippen molar-refractivity contribution in [3.8, 4) is 11.5 Å². The zero-order valence-corrected chi connectivity index (χ0v) is 14.7. The van der Waals surface area contributed by atoms with Crippen molar-refractivity contribution in [3.05, 3.63) is 36.5 Å². The van der Waals surface area contributed by atoms with Crippen LogP contribution in [0, 0.1) is 6.92 Å². The van der Waals surface area contributed by atoms with Gasteiger partial charge in [0.15, 0.2) is 17.1 Å². The summed E-state index contributed by atoms with van der Waals surface area (Å²) >= 11 is 1.31. The first kappa shape index (κ1) is 16.5. The maximum Gasteiger partial charge on any atom is 0.234 e. The minimum absolute atomic E-state index is 0.147. The number of amides is 1. The topological polar surface area (TPSA) is 99.1 Å². The molecule has 0 radical (unpaired) electrons. The number of aromatic nitrogens is 4. The molecule has 0 bridgehead atoms. The predicted molar refractivity (Wildman–Crippen MR) is 96.7 cm³/mol. The second kappa shape index (κ2) is 7.12. The van der Waals surface area contributed by atoms with Crippen LogP contribution in [0.4, 0.5) is 5.69 Å². The van der Waals surface area contributed by atoms with Crippen LogP contribution in [0.5, 0.6) is 11.5 Å². The van der Waals surface area contributed by atoms with E-state index in [2.05, 4.69) is 25.3 Å². The Morgan fingerprint density at radius 3 is 2.92 bits per heavy atom. The molecule has 1 N–H and O–H groups in total. The van der Waals surface area contributed by atoms with Gasteiger partial charge < -0.3 is 14.8 Å². The summed E-state index contributed by atoms with van der Waals surface area (Å²) in [6.07, 6.45) is 3.12. The molecule has 8 nitrogen and oxygen atoms in total. The smallest absolute Gasteiger partial charge is 0.234 e. The molecule has 1 aliphatic heterocycles. The number of hydrogen-bond acceptors (Lipinski definition) is 8. The summed E-state index contributed by atoms with van der Waals surface area (Å²) in [5.74, 6) is 2.02. The van der Waals surface area contributed by atoms with E-state index < -0.39 is 0 Å². The minimum atomic E-state index is -0.147. The molecule has 0 fully saturated rings. The number of ether oxygens (including phenoxy) is 2. The molecule has 1 aliphatic rings. The van der Waals surface area contributed by atoms with Gasteiger partial charge in [-0.15, -0.1) is 0 Å². The number of carbonyl (C=O) groups is 1. The lowest BCUT2D eigenvalue weighted by Gasteiger charge is -2.19. The summed E-state index contributed by atoms with van der Waals surface area (Å²) in [6, 6.07) is 5.33. The standard InChI is InChI=1S/C17H15N5O3S/c1-10-18-7-12-16(21-10)19-9-20-17(12)26-8-15(23)22-11-2-3-13-14(6-11)25-5-4-24-13/h2-3,6-7,9H,4-5,8H2,1H3,(H,22,23). The minimum Gasteiger partial charge on any atom is -0.486 e. The first-order chi connectivity index (χ1) is 12.7. The molecule has 3 aromatic rings. The van der Waals surface area contributed by atoms with Gasteiger partial charge in [-0.3, -0.25) is 4.79 Å². The van der Waals surface area contributed by atoms with Gasteiger partial charge in [0.25, 0.3) is 0 Å². The van der Waals surface area contributed by atoms with E-state index in [1.807, 2.05) is 0 Å². The highest BCUT2D eigenvalue weighted by Gasteiger charge is 2.14. The highest BCUT2D eigenvalue weighted by atomic mass is 32.2. The summed E-state index contributed by atoms with van der Waals surface area (Å²) in [4.78, 5) is 29.1. The Balaban J connectivity index is 1.43. The van der Waals surface area contributed by atoms with Crippen LogP contribution in [0.15, 0.2) is 35.7 Å². The first-order valence-corrected chi connectivity index (χ1v) is 8.94. The van der Waals surface area contributed by atoms with E-state index >= 15 is 0 Å². The average molecular weight is 369 g/mol. The first-order valence-electron chi connectivity index (χ1n) is 7.96. The highest BCUT2D eigenvalue weighted by Crippen LogP contribution is 2.32. The maximum absolute atomic E-state index is 12.3. The van der Waals surface area contributed by atoms with Crippen LogP contribution in [0.25, 0.3) is 11.0 Å². The third-order valence-corrected chi connectivity index (χ3v) is 4.65. The largest absolute Gasteiger partial charge is 0.486 e. The second-order valence-electron chi connectivity index (χ2n) is 5.53. The number of thioether (sulfide) groups is 1. The molecule has 26 heavy (non-hydrogen) atoms. The lowest BCUT2D eigenvalue weighted by molar-refractivity contribution is -0.113. The van der Waals surface area contributed by atoms with Crippen molar-refractivity contribution < 1.29 is 14.3 Å². The Bertz CT molecular complexity index is 982. The summed E-state index contributed by atoms with van der Waals surface area (Å²) in [6.45, 7) is 2.84. The van der Waals surface area contributed by atoms with Gasteiger partial charge in [0.05, 0.1) is 11.1 Å².